The van der Waals surface area contributed by atoms with Crippen molar-refractivity contribution in [2.24, 2.45) is 0 Å². The van der Waals surface area contributed by atoms with Crippen LogP contribution in [0.3, 0.4) is 0 Å². The van der Waals surface area contributed by atoms with Crippen molar-refractivity contribution >= 4 is 44.1 Å². The van der Waals surface area contributed by atoms with Crippen molar-refractivity contribution < 1.29 is 13.2 Å². The summed E-state index contributed by atoms with van der Waals surface area (Å²) in [4.78, 5) is 24.8. The fourth-order valence-electron chi connectivity index (χ4n) is 2.69. The quantitative estimate of drug-likeness (QED) is 0.508. The van der Waals surface area contributed by atoms with Gasteiger partial charge in [0.05, 0.1) is 5.75 Å². The maximum Gasteiger partial charge on any atom is 0.326 e. The second kappa shape index (κ2) is 8.82. The molecule has 1 aromatic carbocycles. The van der Waals surface area contributed by atoms with Crippen LogP contribution in [0.5, 0.6) is 0 Å². The van der Waals surface area contributed by atoms with E-state index in [-0.39, 0.29) is 11.7 Å². The van der Waals surface area contributed by atoms with Crippen LogP contribution >= 0.6 is 0 Å². The van der Waals surface area contributed by atoms with Gasteiger partial charge >= 0.3 is 6.03 Å². The van der Waals surface area contributed by atoms with Crippen LogP contribution < -0.4 is 16.0 Å². The Bertz CT molecular complexity index is 1130. The van der Waals surface area contributed by atoms with Gasteiger partial charge in [-0.3, -0.25) is 10.3 Å². The monoisotopic (exact) mass is 414 g/mol. The Morgan fingerprint density at radius 3 is 2.69 bits per heavy atom. The number of nitrogens with zero attached hydrogens (tertiary/aromatic N) is 3. The van der Waals surface area contributed by atoms with E-state index in [2.05, 4.69) is 30.9 Å². The molecule has 0 unspecified atom stereocenters. The van der Waals surface area contributed by atoms with E-state index in [1.807, 2.05) is 18.2 Å². The third-order valence-electron chi connectivity index (χ3n) is 3.98. The minimum absolute atomic E-state index is 0.0961. The van der Waals surface area contributed by atoms with E-state index < -0.39 is 15.9 Å². The third-order valence-corrected chi connectivity index (χ3v) is 5.01. The fourth-order valence-corrected chi connectivity index (χ4v) is 3.36. The highest BCUT2D eigenvalue weighted by Gasteiger charge is 2.08. The molecular formula is C19H22N6O3S. The van der Waals surface area contributed by atoms with Gasteiger partial charge in [0.15, 0.2) is 0 Å². The first-order valence-electron chi connectivity index (χ1n) is 8.97. The molecule has 29 heavy (non-hydrogen) atoms. The third kappa shape index (κ3) is 6.39. The maximum atomic E-state index is 12.3. The van der Waals surface area contributed by atoms with Gasteiger partial charge in [0.2, 0.25) is 5.95 Å². The fraction of sp³-hybridized carbons (Fsp3) is 0.263. The summed E-state index contributed by atoms with van der Waals surface area (Å²) in [6, 6.07) is 8.67. The van der Waals surface area contributed by atoms with Crippen molar-refractivity contribution in [1.82, 2.24) is 15.0 Å². The minimum Gasteiger partial charge on any atom is -0.370 e. The van der Waals surface area contributed by atoms with Crippen molar-refractivity contribution in [3.8, 4) is 0 Å². The average Bonchev–Trinajstić information content (AvgIpc) is 2.64. The van der Waals surface area contributed by atoms with Crippen LogP contribution in [0.15, 0.2) is 42.7 Å². The van der Waals surface area contributed by atoms with Crippen molar-refractivity contribution in [1.29, 1.82) is 0 Å². The standard InChI is InChI=1S/C19H22N6O3S/c1-13-10-17(21-7-3-9-29(2,27)28)24-18(22-13)25-19(26)23-16-5-4-14-6-8-20-12-15(14)11-16/h4-6,8,10-12H,3,7,9H2,1-2H3,(H3,21,22,23,24,25,26). The molecule has 0 aliphatic heterocycles. The van der Waals surface area contributed by atoms with E-state index in [9.17, 15) is 13.2 Å². The maximum absolute atomic E-state index is 12.3. The molecule has 3 aromatic rings. The van der Waals surface area contributed by atoms with Crippen LogP contribution in [0.25, 0.3) is 10.8 Å². The van der Waals surface area contributed by atoms with Crippen LogP contribution in [-0.4, -0.2) is 48.0 Å². The second-order valence-corrected chi connectivity index (χ2v) is 8.90. The number of rotatable bonds is 7. The van der Waals surface area contributed by atoms with E-state index in [1.165, 1.54) is 6.26 Å². The summed E-state index contributed by atoms with van der Waals surface area (Å²) in [7, 11) is -3.00. The number of sulfone groups is 1. The Balaban J connectivity index is 1.61. The largest absolute Gasteiger partial charge is 0.370 e. The second-order valence-electron chi connectivity index (χ2n) is 6.65. The summed E-state index contributed by atoms with van der Waals surface area (Å²) in [6.07, 6.45) is 5.10. The molecule has 0 spiro atoms. The highest BCUT2D eigenvalue weighted by atomic mass is 32.2. The first-order chi connectivity index (χ1) is 13.8. The lowest BCUT2D eigenvalue weighted by atomic mass is 10.1. The lowest BCUT2D eigenvalue weighted by Crippen LogP contribution is -2.21. The molecule has 0 radical (unpaired) electrons. The predicted octanol–water partition coefficient (Wildman–Crippen LogP) is 2.82. The number of urea groups is 1. The first kappa shape index (κ1) is 20.5. The Labute approximate surface area is 168 Å². The molecule has 0 saturated heterocycles. The van der Waals surface area contributed by atoms with E-state index in [1.54, 1.807) is 31.5 Å². The zero-order valence-electron chi connectivity index (χ0n) is 16.1. The molecule has 2 amide bonds. The number of nitrogens with one attached hydrogen (secondary N) is 3. The Morgan fingerprint density at radius 1 is 1.07 bits per heavy atom. The van der Waals surface area contributed by atoms with Crippen LogP contribution in [0.1, 0.15) is 12.1 Å². The molecule has 0 aliphatic rings. The van der Waals surface area contributed by atoms with E-state index in [0.29, 0.717) is 30.2 Å². The molecule has 3 rings (SSSR count). The molecule has 3 N–H and O–H groups in total. The minimum atomic E-state index is -3.00. The van der Waals surface area contributed by atoms with Crippen LogP contribution in [0, 0.1) is 6.92 Å². The molecule has 9 nitrogen and oxygen atoms in total. The molecule has 0 aliphatic carbocycles. The van der Waals surface area contributed by atoms with Gasteiger partial charge in [0.1, 0.15) is 15.7 Å². The van der Waals surface area contributed by atoms with Gasteiger partial charge in [-0.25, -0.2) is 18.2 Å². The van der Waals surface area contributed by atoms with Crippen LogP contribution in [0.2, 0.25) is 0 Å². The van der Waals surface area contributed by atoms with Crippen LogP contribution in [-0.2, 0) is 9.84 Å². The van der Waals surface area contributed by atoms with Crippen LogP contribution in [0.4, 0.5) is 22.2 Å². The number of hydrogen-bond acceptors (Lipinski definition) is 7. The normalized spacial score (nSPS) is 11.2. The number of hydrogen-bond donors (Lipinski definition) is 3. The number of carbonyl (C=O) groups is 1. The molecule has 2 heterocycles. The molecule has 2 aromatic heterocycles. The Kier molecular flexibility index (Phi) is 6.23. The Hall–Kier alpha value is -3.27. The van der Waals surface area contributed by atoms with Crippen molar-refractivity contribution in [2.75, 3.05) is 34.5 Å². The van der Waals surface area contributed by atoms with E-state index in [0.717, 1.165) is 10.8 Å². The number of fused-ring (bicyclic) bond motifs is 1. The lowest BCUT2D eigenvalue weighted by molar-refractivity contribution is 0.262. The van der Waals surface area contributed by atoms with Gasteiger partial charge in [0, 0.05) is 48.0 Å². The molecule has 0 bridgehead atoms. The summed E-state index contributed by atoms with van der Waals surface area (Å²) in [6.45, 7) is 2.23. The van der Waals surface area contributed by atoms with E-state index in [4.69, 9.17) is 0 Å². The highest BCUT2D eigenvalue weighted by molar-refractivity contribution is 7.90. The van der Waals surface area contributed by atoms with Gasteiger partial charge < -0.3 is 10.6 Å². The zero-order chi connectivity index (χ0) is 20.9. The smallest absolute Gasteiger partial charge is 0.326 e. The van der Waals surface area contributed by atoms with Gasteiger partial charge in [-0.15, -0.1) is 0 Å². The number of benzene rings is 1. The summed E-state index contributed by atoms with van der Waals surface area (Å²) in [5, 5.41) is 10.3. The van der Waals surface area contributed by atoms with E-state index >= 15 is 0 Å². The molecule has 0 saturated carbocycles. The summed E-state index contributed by atoms with van der Waals surface area (Å²) in [5.74, 6) is 0.757. The number of anilines is 3. The highest BCUT2D eigenvalue weighted by Crippen LogP contribution is 2.18. The predicted molar refractivity (Wildman–Crippen MR) is 114 cm³/mol. The van der Waals surface area contributed by atoms with Gasteiger partial charge in [0.25, 0.3) is 0 Å². The Morgan fingerprint density at radius 2 is 1.90 bits per heavy atom. The van der Waals surface area contributed by atoms with Crippen molar-refractivity contribution in [3.05, 3.63) is 48.4 Å². The van der Waals surface area contributed by atoms with Gasteiger partial charge in [-0.2, -0.15) is 4.98 Å². The number of amides is 2. The number of pyridine rings is 1. The molecule has 0 atom stereocenters. The van der Waals surface area contributed by atoms with Crippen molar-refractivity contribution in [2.45, 2.75) is 13.3 Å². The average molecular weight is 414 g/mol. The summed E-state index contributed by atoms with van der Waals surface area (Å²) in [5.41, 5.74) is 1.28. The molecule has 152 valence electrons. The number of carbonyl (C=O) groups excluding carboxylic acids is 1. The number of aromatic nitrogens is 3. The summed E-state index contributed by atoms with van der Waals surface area (Å²) >= 11 is 0. The SMILES string of the molecule is Cc1cc(NCCCS(C)(=O)=O)nc(NC(=O)Nc2ccc3ccncc3c2)n1. The zero-order valence-corrected chi connectivity index (χ0v) is 17.0. The lowest BCUT2D eigenvalue weighted by Gasteiger charge is -2.10. The molecule has 0 fully saturated rings. The van der Waals surface area contributed by atoms with Gasteiger partial charge in [-0.05, 0) is 36.9 Å². The molecule has 10 heteroatoms. The first-order valence-corrected chi connectivity index (χ1v) is 11.0. The van der Waals surface area contributed by atoms with Gasteiger partial charge in [-0.1, -0.05) is 6.07 Å². The summed E-state index contributed by atoms with van der Waals surface area (Å²) < 4.78 is 22.4. The van der Waals surface area contributed by atoms with Crippen molar-refractivity contribution in [3.63, 3.8) is 0 Å². The molecular weight excluding hydrogens is 392 g/mol. The number of aryl methyl sites for hydroxylation is 1. The topological polar surface area (TPSA) is 126 Å².